The number of nitrogens with one attached hydrogen (secondary N) is 2. The van der Waals surface area contributed by atoms with Crippen molar-refractivity contribution in [2.75, 3.05) is 12.4 Å². The molecule has 5 heteroatoms. The average Bonchev–Trinajstić information content (AvgIpc) is 2.84. The van der Waals surface area contributed by atoms with Gasteiger partial charge in [-0.05, 0) is 36.3 Å². The number of ether oxygens (including phenoxy) is 1. The van der Waals surface area contributed by atoms with Crippen molar-refractivity contribution in [1.29, 1.82) is 0 Å². The molecule has 19 heavy (non-hydrogen) atoms. The van der Waals surface area contributed by atoms with Gasteiger partial charge in [0.15, 0.2) is 4.77 Å². The van der Waals surface area contributed by atoms with Crippen LogP contribution in [0.5, 0.6) is 5.75 Å². The minimum atomic E-state index is 0.684. The van der Waals surface area contributed by atoms with Gasteiger partial charge >= 0.3 is 0 Å². The summed E-state index contributed by atoms with van der Waals surface area (Å²) in [5, 5.41) is 0. The van der Waals surface area contributed by atoms with Crippen molar-refractivity contribution in [2.45, 2.75) is 19.1 Å². The summed E-state index contributed by atoms with van der Waals surface area (Å²) in [6.45, 7) is 2.87. The van der Waals surface area contributed by atoms with E-state index in [1.165, 1.54) is 5.56 Å². The maximum atomic E-state index is 5.73. The van der Waals surface area contributed by atoms with E-state index in [4.69, 9.17) is 17.0 Å². The van der Waals surface area contributed by atoms with Crippen LogP contribution in [0.1, 0.15) is 18.2 Å². The number of imidazole rings is 1. The molecule has 0 fully saturated rings. The second kappa shape index (κ2) is 7.40. The molecular formula is C14H18N2OS2. The Bertz CT molecular complexity index is 562. The van der Waals surface area contributed by atoms with Crippen molar-refractivity contribution < 1.29 is 4.74 Å². The monoisotopic (exact) mass is 294 g/mol. The molecule has 0 amide bonds. The number of H-pyrrole nitrogens is 2. The van der Waals surface area contributed by atoms with Gasteiger partial charge in [-0.15, -0.1) is 0 Å². The van der Waals surface area contributed by atoms with Crippen LogP contribution in [-0.2, 0) is 12.2 Å². The van der Waals surface area contributed by atoms with Crippen LogP contribution in [0, 0.1) is 4.77 Å². The molecule has 1 heterocycles. The molecule has 0 aliphatic carbocycles. The molecule has 0 saturated heterocycles. The number of aryl methyl sites for hydroxylation is 1. The summed E-state index contributed by atoms with van der Waals surface area (Å²) in [5.74, 6) is 2.84. The fourth-order valence-corrected chi connectivity index (χ4v) is 2.62. The van der Waals surface area contributed by atoms with Gasteiger partial charge < -0.3 is 14.7 Å². The quantitative estimate of drug-likeness (QED) is 0.600. The lowest BCUT2D eigenvalue weighted by Crippen LogP contribution is -2.00. The number of aromatic amines is 2. The molecule has 3 nitrogen and oxygen atoms in total. The molecule has 0 spiro atoms. The van der Waals surface area contributed by atoms with Crippen LogP contribution in [-0.4, -0.2) is 22.3 Å². The lowest BCUT2D eigenvalue weighted by Gasteiger charge is -2.07. The first-order valence-electron chi connectivity index (χ1n) is 6.34. The van der Waals surface area contributed by atoms with E-state index >= 15 is 0 Å². The molecule has 0 unspecified atom stereocenters. The molecule has 1 aromatic heterocycles. The number of hydrogen-bond acceptors (Lipinski definition) is 3. The summed E-state index contributed by atoms with van der Waals surface area (Å²) in [4.78, 5) is 6.06. The highest BCUT2D eigenvalue weighted by Gasteiger charge is 1.97. The minimum Gasteiger partial charge on any atom is -0.493 e. The van der Waals surface area contributed by atoms with Crippen LogP contribution in [0.2, 0.25) is 0 Å². The average molecular weight is 294 g/mol. The molecule has 2 N–H and O–H groups in total. The van der Waals surface area contributed by atoms with E-state index < -0.39 is 0 Å². The van der Waals surface area contributed by atoms with Crippen molar-refractivity contribution in [1.82, 2.24) is 9.97 Å². The van der Waals surface area contributed by atoms with Gasteiger partial charge in [0.1, 0.15) is 5.75 Å². The Hall–Kier alpha value is -1.20. The summed E-state index contributed by atoms with van der Waals surface area (Å²) in [5.41, 5.74) is 2.44. The van der Waals surface area contributed by atoms with E-state index in [1.54, 1.807) is 0 Å². The van der Waals surface area contributed by atoms with Crippen molar-refractivity contribution in [3.8, 4) is 5.75 Å². The summed E-state index contributed by atoms with van der Waals surface area (Å²) < 4.78 is 6.42. The minimum absolute atomic E-state index is 0.684. The van der Waals surface area contributed by atoms with Crippen LogP contribution < -0.4 is 4.74 Å². The largest absolute Gasteiger partial charge is 0.493 e. The van der Waals surface area contributed by atoms with E-state index in [0.29, 0.717) is 4.77 Å². The second-order valence-corrected chi connectivity index (χ2v) is 5.68. The second-order valence-electron chi connectivity index (χ2n) is 4.17. The van der Waals surface area contributed by atoms with Gasteiger partial charge in [-0.3, -0.25) is 0 Å². The molecule has 0 aliphatic heterocycles. The fourth-order valence-electron chi connectivity index (χ4n) is 1.70. The lowest BCUT2D eigenvalue weighted by molar-refractivity contribution is 0.343. The zero-order valence-electron chi connectivity index (χ0n) is 10.9. The third-order valence-corrected chi connectivity index (χ3v) is 3.90. The number of hydrogen-bond donors (Lipinski definition) is 2. The number of thioether (sulfide) groups is 1. The maximum absolute atomic E-state index is 5.73. The predicted molar refractivity (Wildman–Crippen MR) is 83.5 cm³/mol. The molecule has 0 radical (unpaired) electrons. The van der Waals surface area contributed by atoms with Gasteiger partial charge in [0.25, 0.3) is 0 Å². The van der Waals surface area contributed by atoms with Gasteiger partial charge in [0, 0.05) is 23.4 Å². The first-order chi connectivity index (χ1) is 9.28. The summed E-state index contributed by atoms with van der Waals surface area (Å²) in [6.07, 6.45) is 2.96. The van der Waals surface area contributed by atoms with E-state index in [1.807, 2.05) is 30.1 Å². The number of rotatable bonds is 7. The normalized spacial score (nSPS) is 10.6. The standard InChI is InChI=1S/C14H18N2OS2/c1-2-11-4-3-5-13(8-11)17-6-7-19-10-12-9-15-14(18)16-12/h3-5,8-9H,2,6-7,10H2,1H3,(H2,15,16,18). The first-order valence-corrected chi connectivity index (χ1v) is 7.90. The van der Waals surface area contributed by atoms with Crippen molar-refractivity contribution >= 4 is 24.0 Å². The Labute approximate surface area is 122 Å². The molecular weight excluding hydrogens is 276 g/mol. The number of benzene rings is 1. The van der Waals surface area contributed by atoms with Crippen LogP contribution in [0.4, 0.5) is 0 Å². The Morgan fingerprint density at radius 1 is 1.37 bits per heavy atom. The van der Waals surface area contributed by atoms with Gasteiger partial charge in [0.2, 0.25) is 0 Å². The predicted octanol–water partition coefficient (Wildman–Crippen LogP) is 3.95. The van der Waals surface area contributed by atoms with Gasteiger partial charge in [-0.25, -0.2) is 0 Å². The number of aromatic nitrogens is 2. The molecule has 102 valence electrons. The van der Waals surface area contributed by atoms with Gasteiger partial charge in [-0.2, -0.15) is 11.8 Å². The van der Waals surface area contributed by atoms with Crippen molar-refractivity contribution in [2.24, 2.45) is 0 Å². The molecule has 0 saturated carbocycles. The van der Waals surface area contributed by atoms with E-state index in [-0.39, 0.29) is 0 Å². The van der Waals surface area contributed by atoms with Crippen LogP contribution >= 0.6 is 24.0 Å². The highest BCUT2D eigenvalue weighted by Crippen LogP contribution is 2.15. The Balaban J connectivity index is 1.67. The van der Waals surface area contributed by atoms with E-state index in [2.05, 4.69) is 29.0 Å². The van der Waals surface area contributed by atoms with Gasteiger partial charge in [0.05, 0.1) is 6.61 Å². The Morgan fingerprint density at radius 3 is 3.00 bits per heavy atom. The van der Waals surface area contributed by atoms with Crippen LogP contribution in [0.3, 0.4) is 0 Å². The molecule has 2 aromatic rings. The first kappa shape index (κ1) is 14.2. The highest BCUT2D eigenvalue weighted by molar-refractivity contribution is 7.98. The topological polar surface area (TPSA) is 40.8 Å². The van der Waals surface area contributed by atoms with Crippen LogP contribution in [0.15, 0.2) is 30.5 Å². The third kappa shape index (κ3) is 4.76. The van der Waals surface area contributed by atoms with Crippen molar-refractivity contribution in [3.05, 3.63) is 46.5 Å². The van der Waals surface area contributed by atoms with Crippen LogP contribution in [0.25, 0.3) is 0 Å². The third-order valence-electron chi connectivity index (χ3n) is 2.71. The molecule has 2 rings (SSSR count). The van der Waals surface area contributed by atoms with Gasteiger partial charge in [-0.1, -0.05) is 19.1 Å². The zero-order chi connectivity index (χ0) is 13.5. The summed E-state index contributed by atoms with van der Waals surface area (Å²) in [6, 6.07) is 8.28. The molecule has 0 bridgehead atoms. The SMILES string of the molecule is CCc1cccc(OCCSCc2c[nH]c(=S)[nH]2)c1. The Morgan fingerprint density at radius 2 is 2.26 bits per heavy atom. The maximum Gasteiger partial charge on any atom is 0.174 e. The lowest BCUT2D eigenvalue weighted by atomic mass is 10.2. The highest BCUT2D eigenvalue weighted by atomic mass is 32.2. The fraction of sp³-hybridized carbons (Fsp3) is 0.357. The summed E-state index contributed by atoms with van der Waals surface area (Å²) >= 11 is 6.80. The molecule has 0 atom stereocenters. The smallest absolute Gasteiger partial charge is 0.174 e. The van der Waals surface area contributed by atoms with E-state index in [9.17, 15) is 0 Å². The molecule has 0 aliphatic rings. The zero-order valence-corrected chi connectivity index (χ0v) is 12.6. The molecule has 1 aromatic carbocycles. The van der Waals surface area contributed by atoms with E-state index in [0.717, 1.165) is 36.0 Å². The summed E-state index contributed by atoms with van der Waals surface area (Å²) in [7, 11) is 0. The Kier molecular flexibility index (Phi) is 5.54. The van der Waals surface area contributed by atoms with Crippen molar-refractivity contribution in [3.63, 3.8) is 0 Å².